The number of hydrogen-bond donors (Lipinski definition) is 0. The molecule has 0 saturated heterocycles. The van der Waals surface area contributed by atoms with E-state index in [2.05, 4.69) is 20.3 Å². The highest BCUT2D eigenvalue weighted by atomic mass is 15.4. The summed E-state index contributed by atoms with van der Waals surface area (Å²) in [7, 11) is 1.88. The van der Waals surface area contributed by atoms with Crippen molar-refractivity contribution in [2.75, 3.05) is 0 Å². The summed E-state index contributed by atoms with van der Waals surface area (Å²) in [6.07, 6.45) is 3.05. The van der Waals surface area contributed by atoms with Gasteiger partial charge in [0.25, 0.3) is 5.95 Å². The van der Waals surface area contributed by atoms with Crippen molar-refractivity contribution in [3.05, 3.63) is 18.5 Å². The average molecular weight is 164 g/mol. The Balaban J connectivity index is 2.55. The minimum Gasteiger partial charge on any atom is -0.299 e. The van der Waals surface area contributed by atoms with Gasteiger partial charge in [-0.05, 0) is 6.92 Å². The monoisotopic (exact) mass is 164 g/mol. The molecular weight excluding hydrogens is 156 g/mol. The van der Waals surface area contributed by atoms with Gasteiger partial charge in [-0.15, -0.1) is 10.2 Å². The lowest BCUT2D eigenvalue weighted by Crippen LogP contribution is -2.04. The number of aryl methyl sites for hydroxylation is 1. The van der Waals surface area contributed by atoms with Crippen LogP contribution in [0.2, 0.25) is 0 Å². The second-order valence-corrected chi connectivity index (χ2v) is 2.45. The molecule has 12 heavy (non-hydrogen) atoms. The second kappa shape index (κ2) is 2.40. The van der Waals surface area contributed by atoms with Crippen LogP contribution >= 0.6 is 0 Å². The molecule has 2 heterocycles. The lowest BCUT2D eigenvalue weighted by molar-refractivity contribution is 0.737. The molecule has 0 aliphatic heterocycles. The molecule has 2 aromatic rings. The SMILES string of the molecule is Cc1nnc(-n2cncn2)n1C. The first-order valence-electron chi connectivity index (χ1n) is 3.50. The summed E-state index contributed by atoms with van der Waals surface area (Å²) < 4.78 is 3.41. The number of hydrogen-bond acceptors (Lipinski definition) is 4. The fourth-order valence-electron chi connectivity index (χ4n) is 0.907. The Morgan fingerprint density at radius 1 is 1.33 bits per heavy atom. The van der Waals surface area contributed by atoms with E-state index in [-0.39, 0.29) is 0 Å². The Morgan fingerprint density at radius 3 is 2.67 bits per heavy atom. The van der Waals surface area contributed by atoms with E-state index in [9.17, 15) is 0 Å². The van der Waals surface area contributed by atoms with Crippen LogP contribution in [0.1, 0.15) is 5.82 Å². The summed E-state index contributed by atoms with van der Waals surface area (Å²) >= 11 is 0. The van der Waals surface area contributed by atoms with Crippen LogP contribution in [0.25, 0.3) is 5.95 Å². The average Bonchev–Trinajstić information content (AvgIpc) is 2.64. The normalized spacial score (nSPS) is 10.5. The van der Waals surface area contributed by atoms with E-state index >= 15 is 0 Å². The Hall–Kier alpha value is -1.72. The van der Waals surface area contributed by atoms with Gasteiger partial charge in [0, 0.05) is 7.05 Å². The summed E-state index contributed by atoms with van der Waals surface area (Å²) in [5.41, 5.74) is 0. The molecule has 0 atom stereocenters. The fourth-order valence-corrected chi connectivity index (χ4v) is 0.907. The van der Waals surface area contributed by atoms with Crippen molar-refractivity contribution in [3.63, 3.8) is 0 Å². The second-order valence-electron chi connectivity index (χ2n) is 2.45. The lowest BCUT2D eigenvalue weighted by atomic mass is 10.7. The van der Waals surface area contributed by atoms with Crippen molar-refractivity contribution in [3.8, 4) is 5.95 Å². The van der Waals surface area contributed by atoms with Crippen LogP contribution in [0, 0.1) is 6.92 Å². The smallest absolute Gasteiger partial charge is 0.253 e. The van der Waals surface area contributed by atoms with Crippen molar-refractivity contribution in [1.29, 1.82) is 0 Å². The van der Waals surface area contributed by atoms with Crippen molar-refractivity contribution in [2.45, 2.75) is 6.92 Å². The highest BCUT2D eigenvalue weighted by Crippen LogP contribution is 2.00. The third-order valence-electron chi connectivity index (χ3n) is 1.69. The third kappa shape index (κ3) is 0.884. The summed E-state index contributed by atoms with van der Waals surface area (Å²) in [6, 6.07) is 0. The van der Waals surface area contributed by atoms with Gasteiger partial charge in [-0.3, -0.25) is 4.57 Å². The first-order valence-corrected chi connectivity index (χ1v) is 3.50. The van der Waals surface area contributed by atoms with E-state index in [4.69, 9.17) is 0 Å². The van der Waals surface area contributed by atoms with Crippen LogP contribution in [0.5, 0.6) is 0 Å². The third-order valence-corrected chi connectivity index (χ3v) is 1.69. The quantitative estimate of drug-likeness (QED) is 0.580. The van der Waals surface area contributed by atoms with Gasteiger partial charge in [0.2, 0.25) is 0 Å². The maximum absolute atomic E-state index is 3.94. The highest BCUT2D eigenvalue weighted by Gasteiger charge is 2.05. The molecule has 0 aliphatic rings. The molecular formula is C6H8N6. The molecule has 6 nitrogen and oxygen atoms in total. The van der Waals surface area contributed by atoms with Gasteiger partial charge in [0.15, 0.2) is 0 Å². The number of rotatable bonds is 1. The van der Waals surface area contributed by atoms with Gasteiger partial charge in [0.1, 0.15) is 18.5 Å². The van der Waals surface area contributed by atoms with Crippen LogP contribution in [0.3, 0.4) is 0 Å². The van der Waals surface area contributed by atoms with Gasteiger partial charge in [-0.25, -0.2) is 4.98 Å². The number of aromatic nitrogens is 6. The van der Waals surface area contributed by atoms with Crippen molar-refractivity contribution >= 4 is 0 Å². The molecule has 0 fully saturated rings. The van der Waals surface area contributed by atoms with Crippen molar-refractivity contribution < 1.29 is 0 Å². The zero-order chi connectivity index (χ0) is 8.55. The predicted octanol–water partition coefficient (Wildman–Crippen LogP) is -0.296. The summed E-state index contributed by atoms with van der Waals surface area (Å²) in [6.45, 7) is 1.88. The molecule has 0 saturated carbocycles. The topological polar surface area (TPSA) is 61.4 Å². The van der Waals surface area contributed by atoms with E-state index in [0.29, 0.717) is 5.95 Å². The molecule has 0 N–H and O–H groups in total. The molecule has 0 aliphatic carbocycles. The molecule has 2 aromatic heterocycles. The first kappa shape index (κ1) is 6.96. The van der Waals surface area contributed by atoms with Gasteiger partial charge in [-0.2, -0.15) is 9.78 Å². The molecule has 2 rings (SSSR count). The lowest BCUT2D eigenvalue weighted by Gasteiger charge is -1.98. The maximum Gasteiger partial charge on any atom is 0.253 e. The molecule has 0 spiro atoms. The van der Waals surface area contributed by atoms with E-state index in [1.807, 2.05) is 18.5 Å². The summed E-state index contributed by atoms with van der Waals surface area (Å²) in [4.78, 5) is 3.82. The molecule has 0 aromatic carbocycles. The van der Waals surface area contributed by atoms with Crippen molar-refractivity contribution in [2.24, 2.45) is 7.05 Å². The van der Waals surface area contributed by atoms with E-state index in [1.165, 1.54) is 6.33 Å². The summed E-state index contributed by atoms with van der Waals surface area (Å²) in [5, 5.41) is 11.8. The van der Waals surface area contributed by atoms with E-state index in [1.54, 1.807) is 11.0 Å². The molecule has 0 bridgehead atoms. The Labute approximate surface area is 68.9 Å². The Morgan fingerprint density at radius 2 is 2.17 bits per heavy atom. The van der Waals surface area contributed by atoms with Crippen LogP contribution in [0.15, 0.2) is 12.7 Å². The zero-order valence-corrected chi connectivity index (χ0v) is 6.84. The fraction of sp³-hybridized carbons (Fsp3) is 0.333. The molecule has 0 amide bonds. The number of nitrogens with zero attached hydrogens (tertiary/aromatic N) is 6. The van der Waals surface area contributed by atoms with Crippen LogP contribution in [-0.4, -0.2) is 29.5 Å². The van der Waals surface area contributed by atoms with Crippen LogP contribution in [0.4, 0.5) is 0 Å². The Kier molecular flexibility index (Phi) is 1.39. The van der Waals surface area contributed by atoms with Crippen molar-refractivity contribution in [1.82, 2.24) is 29.5 Å². The Bertz CT molecular complexity index is 373. The van der Waals surface area contributed by atoms with E-state index < -0.39 is 0 Å². The standard InChI is InChI=1S/C6H8N6/c1-5-9-10-6(11(5)2)12-4-7-3-8-12/h3-4H,1-2H3. The predicted molar refractivity (Wildman–Crippen MR) is 40.7 cm³/mol. The van der Waals surface area contributed by atoms with Gasteiger partial charge in [-0.1, -0.05) is 0 Å². The minimum atomic E-state index is 0.671. The summed E-state index contributed by atoms with van der Waals surface area (Å²) in [5.74, 6) is 1.52. The molecule has 0 radical (unpaired) electrons. The molecule has 62 valence electrons. The van der Waals surface area contributed by atoms with Crippen LogP contribution in [-0.2, 0) is 7.05 Å². The molecule has 6 heteroatoms. The van der Waals surface area contributed by atoms with Crippen LogP contribution < -0.4 is 0 Å². The van der Waals surface area contributed by atoms with Gasteiger partial charge >= 0.3 is 0 Å². The zero-order valence-electron chi connectivity index (χ0n) is 6.84. The highest BCUT2D eigenvalue weighted by molar-refractivity contribution is 5.08. The first-order chi connectivity index (χ1) is 5.79. The largest absolute Gasteiger partial charge is 0.299 e. The van der Waals surface area contributed by atoms with E-state index in [0.717, 1.165) is 5.82 Å². The van der Waals surface area contributed by atoms with Gasteiger partial charge < -0.3 is 0 Å². The molecule has 0 unspecified atom stereocenters. The maximum atomic E-state index is 3.94. The minimum absolute atomic E-state index is 0.671. The van der Waals surface area contributed by atoms with Gasteiger partial charge in [0.05, 0.1) is 0 Å².